The topological polar surface area (TPSA) is 38.3 Å². The quantitative estimate of drug-likeness (QED) is 0.845. The second-order valence-corrected chi connectivity index (χ2v) is 6.91. The molecule has 2 bridgehead atoms. The van der Waals surface area contributed by atoms with Crippen molar-refractivity contribution in [3.8, 4) is 0 Å². The summed E-state index contributed by atoms with van der Waals surface area (Å²) >= 11 is 0. The minimum atomic E-state index is -0.185. The predicted molar refractivity (Wildman–Crippen MR) is 80.8 cm³/mol. The highest BCUT2D eigenvalue weighted by Gasteiger charge is 2.64. The number of carbonyl (C=O) groups is 1. The highest BCUT2D eigenvalue weighted by molar-refractivity contribution is 5.78. The SMILES string of the molecule is COC(=O)C(CNC1C2C3CCC(C3)C12)c1ccccc1. The van der Waals surface area contributed by atoms with Crippen molar-refractivity contribution in [3.63, 3.8) is 0 Å². The Kier molecular flexibility index (Phi) is 3.26. The van der Waals surface area contributed by atoms with E-state index in [1.54, 1.807) is 0 Å². The molecule has 0 radical (unpaired) electrons. The molecule has 0 amide bonds. The lowest BCUT2D eigenvalue weighted by atomic mass is 9.98. The highest BCUT2D eigenvalue weighted by atomic mass is 16.5. The summed E-state index contributed by atoms with van der Waals surface area (Å²) in [6.45, 7) is 0.702. The van der Waals surface area contributed by atoms with Gasteiger partial charge in [-0.05, 0) is 48.5 Å². The van der Waals surface area contributed by atoms with Gasteiger partial charge in [-0.3, -0.25) is 4.79 Å². The van der Waals surface area contributed by atoms with E-state index in [9.17, 15) is 4.79 Å². The van der Waals surface area contributed by atoms with Crippen molar-refractivity contribution >= 4 is 5.97 Å². The molecule has 112 valence electrons. The van der Waals surface area contributed by atoms with Gasteiger partial charge in [-0.1, -0.05) is 30.3 Å². The molecular formula is C18H23NO2. The van der Waals surface area contributed by atoms with Gasteiger partial charge in [0.2, 0.25) is 0 Å². The van der Waals surface area contributed by atoms with E-state index >= 15 is 0 Å². The Morgan fingerprint density at radius 2 is 1.90 bits per heavy atom. The number of benzene rings is 1. The van der Waals surface area contributed by atoms with Gasteiger partial charge < -0.3 is 10.1 Å². The van der Waals surface area contributed by atoms with Gasteiger partial charge in [0.25, 0.3) is 0 Å². The van der Waals surface area contributed by atoms with Crippen LogP contribution in [-0.2, 0) is 9.53 Å². The number of hydrogen-bond donors (Lipinski definition) is 1. The molecule has 3 heteroatoms. The van der Waals surface area contributed by atoms with E-state index in [1.807, 2.05) is 30.3 Å². The number of esters is 1. The molecule has 1 N–H and O–H groups in total. The third-order valence-electron chi connectivity index (χ3n) is 5.98. The molecule has 5 unspecified atom stereocenters. The number of hydrogen-bond acceptors (Lipinski definition) is 3. The largest absolute Gasteiger partial charge is 0.469 e. The van der Waals surface area contributed by atoms with E-state index in [0.29, 0.717) is 12.6 Å². The molecule has 1 aromatic rings. The number of nitrogens with one attached hydrogen (secondary N) is 1. The van der Waals surface area contributed by atoms with Crippen molar-refractivity contribution in [2.45, 2.75) is 31.2 Å². The monoisotopic (exact) mass is 285 g/mol. The molecule has 3 aliphatic carbocycles. The van der Waals surface area contributed by atoms with Gasteiger partial charge in [0.15, 0.2) is 0 Å². The number of methoxy groups -OCH3 is 1. The molecule has 0 heterocycles. The van der Waals surface area contributed by atoms with Crippen LogP contribution in [0.5, 0.6) is 0 Å². The molecule has 0 spiro atoms. The Bertz CT molecular complexity index is 513. The van der Waals surface area contributed by atoms with Crippen LogP contribution < -0.4 is 5.32 Å². The van der Waals surface area contributed by atoms with Crippen molar-refractivity contribution in [2.75, 3.05) is 13.7 Å². The van der Waals surface area contributed by atoms with Crippen molar-refractivity contribution in [1.29, 1.82) is 0 Å². The zero-order valence-electron chi connectivity index (χ0n) is 12.5. The molecule has 4 rings (SSSR count). The van der Waals surface area contributed by atoms with Gasteiger partial charge in [0, 0.05) is 12.6 Å². The average molecular weight is 285 g/mol. The lowest BCUT2D eigenvalue weighted by Crippen LogP contribution is -2.31. The Morgan fingerprint density at radius 3 is 2.52 bits per heavy atom. The Labute approximate surface area is 126 Å². The molecule has 5 atom stereocenters. The number of rotatable bonds is 5. The Balaban J connectivity index is 1.41. The van der Waals surface area contributed by atoms with Crippen molar-refractivity contribution in [2.24, 2.45) is 23.7 Å². The summed E-state index contributed by atoms with van der Waals surface area (Å²) in [7, 11) is 1.48. The zero-order valence-corrected chi connectivity index (χ0v) is 12.5. The van der Waals surface area contributed by atoms with Gasteiger partial charge in [0.05, 0.1) is 13.0 Å². The van der Waals surface area contributed by atoms with Crippen LogP contribution in [0.4, 0.5) is 0 Å². The van der Waals surface area contributed by atoms with Crippen LogP contribution in [0.25, 0.3) is 0 Å². The fourth-order valence-corrected chi connectivity index (χ4v) is 5.02. The lowest BCUT2D eigenvalue weighted by molar-refractivity contribution is -0.142. The van der Waals surface area contributed by atoms with Crippen molar-refractivity contribution in [3.05, 3.63) is 35.9 Å². The van der Waals surface area contributed by atoms with Crippen LogP contribution in [0.3, 0.4) is 0 Å². The van der Waals surface area contributed by atoms with Crippen LogP contribution in [0, 0.1) is 23.7 Å². The summed E-state index contributed by atoms with van der Waals surface area (Å²) in [5.74, 6) is 3.41. The first-order valence-corrected chi connectivity index (χ1v) is 8.15. The van der Waals surface area contributed by atoms with E-state index in [4.69, 9.17) is 4.74 Å². The second-order valence-electron chi connectivity index (χ2n) is 6.91. The Hall–Kier alpha value is -1.35. The lowest BCUT2D eigenvalue weighted by Gasteiger charge is -2.17. The first kappa shape index (κ1) is 13.3. The van der Waals surface area contributed by atoms with Crippen molar-refractivity contribution < 1.29 is 9.53 Å². The van der Waals surface area contributed by atoms with E-state index in [0.717, 1.165) is 29.2 Å². The molecule has 3 aliphatic rings. The van der Waals surface area contributed by atoms with Crippen LogP contribution in [0.15, 0.2) is 30.3 Å². The average Bonchev–Trinajstić information content (AvgIpc) is 2.92. The molecule has 0 saturated heterocycles. The fourth-order valence-electron chi connectivity index (χ4n) is 5.02. The van der Waals surface area contributed by atoms with Crippen molar-refractivity contribution in [1.82, 2.24) is 5.32 Å². The van der Waals surface area contributed by atoms with Crippen LogP contribution in [0.2, 0.25) is 0 Å². The van der Waals surface area contributed by atoms with E-state index in [2.05, 4.69) is 5.32 Å². The summed E-state index contributed by atoms with van der Waals surface area (Å²) in [6, 6.07) is 10.6. The maximum atomic E-state index is 12.1. The third kappa shape index (κ3) is 2.18. The molecule has 1 aromatic carbocycles. The first-order valence-electron chi connectivity index (χ1n) is 8.15. The van der Waals surface area contributed by atoms with Crippen LogP contribution in [-0.4, -0.2) is 25.7 Å². The second kappa shape index (κ2) is 5.13. The first-order chi connectivity index (χ1) is 10.3. The zero-order chi connectivity index (χ0) is 14.4. The smallest absolute Gasteiger partial charge is 0.314 e. The van der Waals surface area contributed by atoms with E-state index in [1.165, 1.54) is 26.4 Å². The normalized spacial score (nSPS) is 37.1. The molecule has 0 aliphatic heterocycles. The molecule has 3 saturated carbocycles. The van der Waals surface area contributed by atoms with Gasteiger partial charge in [-0.15, -0.1) is 0 Å². The molecular weight excluding hydrogens is 262 g/mol. The maximum Gasteiger partial charge on any atom is 0.314 e. The van der Waals surface area contributed by atoms with Crippen LogP contribution >= 0.6 is 0 Å². The molecule has 3 nitrogen and oxygen atoms in total. The summed E-state index contributed by atoms with van der Waals surface area (Å²) in [5.41, 5.74) is 1.05. The van der Waals surface area contributed by atoms with E-state index in [-0.39, 0.29) is 11.9 Å². The summed E-state index contributed by atoms with van der Waals surface area (Å²) in [6.07, 6.45) is 4.33. The van der Waals surface area contributed by atoms with Gasteiger partial charge in [0.1, 0.15) is 0 Å². The standard InChI is InChI=1S/C18H23NO2/c1-21-18(20)14(11-5-3-2-4-6-11)10-19-17-15-12-7-8-13(9-12)16(15)17/h2-6,12-17,19H,7-10H2,1H3. The molecule has 3 fully saturated rings. The Morgan fingerprint density at radius 1 is 1.24 bits per heavy atom. The number of carbonyl (C=O) groups excluding carboxylic acids is 1. The number of fused-ring (bicyclic) bond motifs is 5. The van der Waals surface area contributed by atoms with Gasteiger partial charge in [-0.2, -0.15) is 0 Å². The minimum Gasteiger partial charge on any atom is -0.469 e. The minimum absolute atomic E-state index is 0.137. The molecule has 21 heavy (non-hydrogen) atoms. The third-order valence-corrected chi connectivity index (χ3v) is 5.98. The maximum absolute atomic E-state index is 12.1. The summed E-state index contributed by atoms with van der Waals surface area (Å²) in [4.78, 5) is 12.1. The predicted octanol–water partition coefficient (Wildman–Crippen LogP) is 2.58. The van der Waals surface area contributed by atoms with Crippen LogP contribution in [0.1, 0.15) is 30.7 Å². The fraction of sp³-hybridized carbons (Fsp3) is 0.611. The summed E-state index contributed by atoms with van der Waals surface area (Å²) < 4.78 is 4.99. The molecule has 0 aromatic heterocycles. The summed E-state index contributed by atoms with van der Waals surface area (Å²) in [5, 5.41) is 3.67. The van der Waals surface area contributed by atoms with Gasteiger partial charge >= 0.3 is 5.97 Å². The highest BCUT2D eigenvalue weighted by Crippen LogP contribution is 2.65. The number of ether oxygens (including phenoxy) is 1. The van der Waals surface area contributed by atoms with Gasteiger partial charge in [-0.25, -0.2) is 0 Å². The van der Waals surface area contributed by atoms with E-state index < -0.39 is 0 Å².